The molecule has 0 unspecified atom stereocenters. The molecule has 2 heterocycles. The summed E-state index contributed by atoms with van der Waals surface area (Å²) < 4.78 is 0. The van der Waals surface area contributed by atoms with Crippen molar-refractivity contribution in [3.63, 3.8) is 0 Å². The first-order valence-corrected chi connectivity index (χ1v) is 11.6. The highest BCUT2D eigenvalue weighted by Gasteiger charge is 2.21. The third kappa shape index (κ3) is 4.88. The summed E-state index contributed by atoms with van der Waals surface area (Å²) >= 11 is 2.76. The van der Waals surface area contributed by atoms with Crippen molar-refractivity contribution in [1.82, 2.24) is 4.98 Å². The Kier molecular flexibility index (Phi) is 7.30. The molecule has 0 saturated carbocycles. The zero-order valence-corrected chi connectivity index (χ0v) is 18.9. The summed E-state index contributed by atoms with van der Waals surface area (Å²) in [5, 5.41) is 26.5. The number of aryl methyl sites for hydroxylation is 2. The molecular weight excluding hydrogens is 426 g/mol. The first kappa shape index (κ1) is 22.4. The topological polar surface area (TPSA) is 116 Å². The molecule has 156 valence electrons. The van der Waals surface area contributed by atoms with Crippen LogP contribution in [0.5, 0.6) is 0 Å². The maximum absolute atomic E-state index is 12.5. The highest BCUT2D eigenvalue weighted by Crippen LogP contribution is 2.36. The van der Waals surface area contributed by atoms with Gasteiger partial charge < -0.3 is 11.1 Å². The van der Waals surface area contributed by atoms with E-state index in [1.165, 1.54) is 23.1 Å². The van der Waals surface area contributed by atoms with E-state index >= 15 is 0 Å². The van der Waals surface area contributed by atoms with Crippen LogP contribution in [-0.4, -0.2) is 16.6 Å². The predicted octanol–water partition coefficient (Wildman–Crippen LogP) is 5.13. The van der Waals surface area contributed by atoms with Gasteiger partial charge in [-0.15, -0.1) is 11.8 Å². The van der Waals surface area contributed by atoms with Gasteiger partial charge in [0.2, 0.25) is 5.91 Å². The number of thiophene rings is 1. The van der Waals surface area contributed by atoms with Crippen LogP contribution in [0.25, 0.3) is 11.1 Å². The molecule has 0 bridgehead atoms. The summed E-state index contributed by atoms with van der Waals surface area (Å²) in [4.78, 5) is 16.8. The number of nitrogens with zero attached hydrogens (tertiary/aromatic N) is 3. The van der Waals surface area contributed by atoms with E-state index in [0.29, 0.717) is 21.9 Å². The molecule has 0 aliphatic heterocycles. The Morgan fingerprint density at radius 2 is 2.03 bits per heavy atom. The smallest absolute Gasteiger partial charge is 0.225 e. The Bertz CT molecular complexity index is 1190. The van der Waals surface area contributed by atoms with Gasteiger partial charge in [-0.1, -0.05) is 25.1 Å². The number of rotatable bonds is 7. The van der Waals surface area contributed by atoms with Crippen LogP contribution in [0.3, 0.4) is 0 Å². The summed E-state index contributed by atoms with van der Waals surface area (Å²) in [5.74, 6) is 0.409. The number of para-hydroxylation sites is 1. The third-order valence-corrected chi connectivity index (χ3v) is 6.46. The zero-order valence-electron chi connectivity index (χ0n) is 17.2. The molecule has 0 radical (unpaired) electrons. The maximum atomic E-state index is 12.5. The van der Waals surface area contributed by atoms with E-state index in [2.05, 4.69) is 29.4 Å². The number of amides is 1. The molecule has 0 spiro atoms. The minimum atomic E-state index is -0.102. The predicted molar refractivity (Wildman–Crippen MR) is 126 cm³/mol. The van der Waals surface area contributed by atoms with Crippen molar-refractivity contribution >= 4 is 40.5 Å². The Labute approximate surface area is 189 Å². The summed E-state index contributed by atoms with van der Waals surface area (Å²) in [5.41, 5.74) is 10.8. The van der Waals surface area contributed by atoms with E-state index in [1.807, 2.05) is 41.9 Å². The fraction of sp³-hybridized carbons (Fsp3) is 0.217. The Hall–Kier alpha value is -3.33. The van der Waals surface area contributed by atoms with Gasteiger partial charge in [0.15, 0.2) is 0 Å². The van der Waals surface area contributed by atoms with Crippen molar-refractivity contribution in [3.8, 4) is 23.3 Å². The Morgan fingerprint density at radius 1 is 1.26 bits per heavy atom. The summed E-state index contributed by atoms with van der Waals surface area (Å²) in [7, 11) is 0. The van der Waals surface area contributed by atoms with Gasteiger partial charge in [-0.25, -0.2) is 4.98 Å². The molecule has 0 aliphatic carbocycles. The van der Waals surface area contributed by atoms with Crippen LogP contribution in [-0.2, 0) is 11.2 Å². The van der Waals surface area contributed by atoms with Gasteiger partial charge in [0, 0.05) is 23.4 Å². The summed E-state index contributed by atoms with van der Waals surface area (Å²) in [6.45, 7) is 4.02. The number of aromatic nitrogens is 1. The van der Waals surface area contributed by atoms with Crippen LogP contribution < -0.4 is 11.1 Å². The van der Waals surface area contributed by atoms with Gasteiger partial charge in [0.05, 0.1) is 5.56 Å². The molecule has 8 heteroatoms. The summed E-state index contributed by atoms with van der Waals surface area (Å²) in [6, 6.07) is 12.0. The summed E-state index contributed by atoms with van der Waals surface area (Å²) in [6.07, 6.45) is 1.08. The first-order valence-electron chi connectivity index (χ1n) is 9.67. The molecule has 0 saturated heterocycles. The molecule has 1 amide bonds. The number of nitrogens with one attached hydrogen (secondary N) is 1. The third-order valence-electron chi connectivity index (χ3n) is 4.80. The Morgan fingerprint density at radius 3 is 2.68 bits per heavy atom. The maximum Gasteiger partial charge on any atom is 0.225 e. The largest absolute Gasteiger partial charge is 0.383 e. The second-order valence-corrected chi connectivity index (χ2v) is 8.64. The number of nitriles is 2. The molecule has 31 heavy (non-hydrogen) atoms. The number of nitrogens with two attached hydrogens (primary N) is 1. The highest BCUT2D eigenvalue weighted by atomic mass is 32.2. The van der Waals surface area contributed by atoms with Crippen molar-refractivity contribution in [2.75, 3.05) is 16.8 Å². The molecule has 3 rings (SSSR count). The molecule has 6 nitrogen and oxygen atoms in total. The van der Waals surface area contributed by atoms with Crippen LogP contribution in [0.4, 0.5) is 11.5 Å². The lowest BCUT2D eigenvalue weighted by molar-refractivity contribution is -0.115. The average Bonchev–Trinajstić information content (AvgIpc) is 3.29. The van der Waals surface area contributed by atoms with Gasteiger partial charge in [0.25, 0.3) is 0 Å². The van der Waals surface area contributed by atoms with Crippen LogP contribution in [0.1, 0.15) is 35.6 Å². The number of carbonyl (C=O) groups excluding carboxylic acids is 1. The average molecular weight is 448 g/mol. The number of benzene rings is 1. The normalized spacial score (nSPS) is 10.3. The number of thioether (sulfide) groups is 1. The van der Waals surface area contributed by atoms with Gasteiger partial charge in [0.1, 0.15) is 28.5 Å². The van der Waals surface area contributed by atoms with Crippen LogP contribution in [0.15, 0.2) is 40.1 Å². The number of anilines is 2. The minimum Gasteiger partial charge on any atom is -0.383 e. The lowest BCUT2D eigenvalue weighted by Gasteiger charge is -2.13. The van der Waals surface area contributed by atoms with Gasteiger partial charge >= 0.3 is 0 Å². The van der Waals surface area contributed by atoms with Gasteiger partial charge in [-0.3, -0.25) is 4.79 Å². The number of hydrogen-bond donors (Lipinski definition) is 2. The van der Waals surface area contributed by atoms with Crippen molar-refractivity contribution in [2.24, 2.45) is 0 Å². The molecule has 0 aliphatic rings. The quantitative estimate of drug-likeness (QED) is 0.485. The molecule has 1 aromatic carbocycles. The monoisotopic (exact) mass is 447 g/mol. The van der Waals surface area contributed by atoms with E-state index in [0.717, 1.165) is 28.8 Å². The van der Waals surface area contributed by atoms with E-state index in [4.69, 9.17) is 5.73 Å². The van der Waals surface area contributed by atoms with E-state index in [9.17, 15) is 15.3 Å². The minimum absolute atomic E-state index is 0.0853. The second kappa shape index (κ2) is 10.1. The number of pyridine rings is 1. The highest BCUT2D eigenvalue weighted by molar-refractivity contribution is 7.99. The van der Waals surface area contributed by atoms with Crippen LogP contribution in [0, 0.1) is 29.6 Å². The lowest BCUT2D eigenvalue weighted by atomic mass is 9.99. The van der Waals surface area contributed by atoms with Crippen LogP contribution >= 0.6 is 23.1 Å². The fourth-order valence-electron chi connectivity index (χ4n) is 3.24. The molecule has 0 atom stereocenters. The zero-order chi connectivity index (χ0) is 22.4. The molecule has 2 aromatic heterocycles. The SMILES string of the molecule is CCc1cccc(C)c1NC(=O)CCSc1nc(N)c(C#N)c(-c2ccsc2)c1C#N. The van der Waals surface area contributed by atoms with E-state index in [-0.39, 0.29) is 23.7 Å². The first-order chi connectivity index (χ1) is 15.0. The van der Waals surface area contributed by atoms with Crippen molar-refractivity contribution in [1.29, 1.82) is 10.5 Å². The number of nitrogen functional groups attached to an aromatic ring is 1. The fourth-order valence-corrected chi connectivity index (χ4v) is 4.82. The number of carbonyl (C=O) groups is 1. The molecular formula is C23H21N5OS2. The van der Waals surface area contributed by atoms with Crippen molar-refractivity contribution in [2.45, 2.75) is 31.7 Å². The van der Waals surface area contributed by atoms with Crippen molar-refractivity contribution < 1.29 is 4.79 Å². The lowest BCUT2D eigenvalue weighted by Crippen LogP contribution is -2.14. The van der Waals surface area contributed by atoms with Gasteiger partial charge in [-0.05, 0) is 46.9 Å². The molecule has 3 aromatic rings. The Balaban J connectivity index is 1.78. The van der Waals surface area contributed by atoms with Crippen LogP contribution in [0.2, 0.25) is 0 Å². The van der Waals surface area contributed by atoms with Crippen molar-refractivity contribution in [3.05, 3.63) is 57.3 Å². The van der Waals surface area contributed by atoms with E-state index in [1.54, 1.807) is 0 Å². The second-order valence-electron chi connectivity index (χ2n) is 6.77. The standard InChI is InChI=1S/C23H21N5OS2/c1-3-15-6-4-5-14(2)21(15)27-19(29)8-10-31-23-18(12-25)20(16-7-9-30-13-16)17(11-24)22(26)28-23/h4-7,9,13H,3,8,10H2,1-2H3,(H2,26,28)(H,27,29). The molecule has 0 fully saturated rings. The molecule has 3 N–H and O–H groups in total. The number of hydrogen-bond acceptors (Lipinski definition) is 7. The van der Waals surface area contributed by atoms with Gasteiger partial charge in [-0.2, -0.15) is 21.9 Å². The van der Waals surface area contributed by atoms with E-state index < -0.39 is 0 Å².